The molecule has 3 amide bonds. The lowest BCUT2D eigenvalue weighted by atomic mass is 10.1. The van der Waals surface area contributed by atoms with Gasteiger partial charge < -0.3 is 21.1 Å². The van der Waals surface area contributed by atoms with Gasteiger partial charge in [0.2, 0.25) is 9.84 Å². The fourth-order valence-corrected chi connectivity index (χ4v) is 5.80. The molecule has 4 N–H and O–H groups in total. The minimum Gasteiger partial charge on any atom is -0.480 e. The summed E-state index contributed by atoms with van der Waals surface area (Å²) in [6.45, 7) is 0. The molecule has 3 aromatic carbocycles. The van der Waals surface area contributed by atoms with E-state index >= 15 is 0 Å². The van der Waals surface area contributed by atoms with Gasteiger partial charge in [-0.1, -0.05) is 65.7 Å². The number of pyridine rings is 1. The Bertz CT molecular complexity index is 1680. The summed E-state index contributed by atoms with van der Waals surface area (Å²) < 4.78 is 26.2. The number of nitrogens with one attached hydrogen (secondary N) is 3. The third-order valence-corrected chi connectivity index (χ3v) is 8.21. The predicted molar refractivity (Wildman–Crippen MR) is 154 cm³/mol. The average molecular weight is 613 g/mol. The van der Waals surface area contributed by atoms with E-state index in [2.05, 4.69) is 20.9 Å². The molecule has 0 saturated carbocycles. The second-order valence-electron chi connectivity index (χ2n) is 8.64. The molecule has 0 saturated heterocycles. The number of anilines is 2. The number of carbonyl (C=O) groups excluding carboxylic acids is 2. The molecule has 10 nitrogen and oxygen atoms in total. The quantitative estimate of drug-likeness (QED) is 0.200. The van der Waals surface area contributed by atoms with Crippen LogP contribution in [0.1, 0.15) is 15.9 Å². The number of rotatable bonds is 9. The van der Waals surface area contributed by atoms with Crippen LogP contribution < -0.4 is 16.0 Å². The molecule has 0 bridgehead atoms. The summed E-state index contributed by atoms with van der Waals surface area (Å²) in [4.78, 5) is 40.9. The van der Waals surface area contributed by atoms with Crippen LogP contribution in [0.15, 0.2) is 101 Å². The number of carbonyl (C=O) groups is 3. The lowest BCUT2D eigenvalue weighted by Crippen LogP contribution is -2.44. The number of benzene rings is 3. The SMILES string of the molecule is O=C(Nc1ccccc1S(=O)(=O)c1ccccc1)NC(Cc1ccc(NC(=O)c2c(Cl)cncc2Cl)cc1)C(=O)O. The van der Waals surface area contributed by atoms with Crippen LogP contribution in [0.2, 0.25) is 10.0 Å². The van der Waals surface area contributed by atoms with E-state index in [4.69, 9.17) is 23.2 Å². The number of hydrogen-bond acceptors (Lipinski definition) is 6. The Hall–Kier alpha value is -4.45. The number of hydrogen-bond donors (Lipinski definition) is 4. The van der Waals surface area contributed by atoms with Gasteiger partial charge in [-0.3, -0.25) is 9.78 Å². The molecule has 0 aliphatic carbocycles. The zero-order valence-corrected chi connectivity index (χ0v) is 23.4. The van der Waals surface area contributed by atoms with E-state index in [9.17, 15) is 27.9 Å². The topological polar surface area (TPSA) is 155 Å². The molecule has 4 rings (SSSR count). The summed E-state index contributed by atoms with van der Waals surface area (Å²) in [7, 11) is -3.95. The normalized spacial score (nSPS) is 11.8. The maximum atomic E-state index is 13.1. The fourth-order valence-electron chi connectivity index (χ4n) is 3.83. The van der Waals surface area contributed by atoms with Crippen molar-refractivity contribution in [2.24, 2.45) is 0 Å². The first-order valence-electron chi connectivity index (χ1n) is 11.9. The highest BCUT2D eigenvalue weighted by atomic mass is 35.5. The van der Waals surface area contributed by atoms with Crippen LogP contribution >= 0.6 is 23.2 Å². The number of carboxylic acids is 1. The van der Waals surface area contributed by atoms with E-state index in [-0.39, 0.29) is 37.5 Å². The van der Waals surface area contributed by atoms with Crippen molar-refractivity contribution in [3.8, 4) is 0 Å². The van der Waals surface area contributed by atoms with Gasteiger partial charge in [0.05, 0.1) is 31.1 Å². The average Bonchev–Trinajstić information content (AvgIpc) is 2.94. The van der Waals surface area contributed by atoms with Gasteiger partial charge in [-0.15, -0.1) is 0 Å². The predicted octanol–water partition coefficient (Wildman–Crippen LogP) is 5.29. The fraction of sp³-hybridized carbons (Fsp3) is 0.0714. The van der Waals surface area contributed by atoms with Crippen LogP contribution in [0.4, 0.5) is 16.2 Å². The Morgan fingerprint density at radius 1 is 0.829 bits per heavy atom. The summed E-state index contributed by atoms with van der Waals surface area (Å²) >= 11 is 12.0. The Kier molecular flexibility index (Phi) is 9.23. The van der Waals surface area contributed by atoms with Gasteiger partial charge in [0.25, 0.3) is 5.91 Å². The minimum absolute atomic E-state index is 0.00695. The van der Waals surface area contributed by atoms with Crippen LogP contribution in [0.5, 0.6) is 0 Å². The molecular weight excluding hydrogens is 591 g/mol. The number of aliphatic carboxylic acids is 1. The van der Waals surface area contributed by atoms with E-state index in [1.165, 1.54) is 42.7 Å². The maximum Gasteiger partial charge on any atom is 0.326 e. The third kappa shape index (κ3) is 7.20. The first kappa shape index (κ1) is 29.5. The number of para-hydroxylation sites is 1. The molecule has 1 heterocycles. The lowest BCUT2D eigenvalue weighted by Gasteiger charge is -2.17. The van der Waals surface area contributed by atoms with E-state index in [1.54, 1.807) is 48.5 Å². The largest absolute Gasteiger partial charge is 0.480 e. The van der Waals surface area contributed by atoms with Gasteiger partial charge in [-0.25, -0.2) is 18.0 Å². The molecule has 1 atom stereocenters. The number of aromatic nitrogens is 1. The number of sulfone groups is 1. The van der Waals surface area contributed by atoms with Gasteiger partial charge >= 0.3 is 12.0 Å². The molecular formula is C28H22Cl2N4O6S. The van der Waals surface area contributed by atoms with E-state index < -0.39 is 33.8 Å². The van der Waals surface area contributed by atoms with Gasteiger partial charge in [0.15, 0.2) is 0 Å². The van der Waals surface area contributed by atoms with Crippen LogP contribution in [-0.4, -0.2) is 42.5 Å². The first-order chi connectivity index (χ1) is 19.6. The summed E-state index contributed by atoms with van der Waals surface area (Å²) in [5.41, 5.74) is 0.999. The Morgan fingerprint density at radius 3 is 2.07 bits per heavy atom. The van der Waals surface area contributed by atoms with Crippen molar-refractivity contribution in [1.29, 1.82) is 0 Å². The Labute approximate surface area is 245 Å². The molecule has 1 unspecified atom stereocenters. The molecule has 0 aliphatic heterocycles. The van der Waals surface area contributed by atoms with Crippen molar-refractivity contribution in [3.05, 3.63) is 112 Å². The van der Waals surface area contributed by atoms with E-state index in [0.29, 0.717) is 11.3 Å². The van der Waals surface area contributed by atoms with Crippen LogP contribution in [0.25, 0.3) is 0 Å². The van der Waals surface area contributed by atoms with E-state index in [0.717, 1.165) is 0 Å². The highest BCUT2D eigenvalue weighted by Crippen LogP contribution is 2.28. The second kappa shape index (κ2) is 12.8. The second-order valence-corrected chi connectivity index (χ2v) is 11.4. The molecule has 41 heavy (non-hydrogen) atoms. The minimum atomic E-state index is -3.95. The molecule has 0 spiro atoms. The highest BCUT2D eigenvalue weighted by molar-refractivity contribution is 7.91. The lowest BCUT2D eigenvalue weighted by molar-refractivity contribution is -0.139. The number of halogens is 2. The van der Waals surface area contributed by atoms with Crippen molar-refractivity contribution in [2.45, 2.75) is 22.3 Å². The molecule has 1 aromatic heterocycles. The monoisotopic (exact) mass is 612 g/mol. The molecule has 210 valence electrons. The van der Waals surface area contributed by atoms with Crippen molar-refractivity contribution in [2.75, 3.05) is 10.6 Å². The van der Waals surface area contributed by atoms with Crippen molar-refractivity contribution >= 4 is 62.3 Å². The molecule has 0 fully saturated rings. The molecule has 4 aromatic rings. The first-order valence-corrected chi connectivity index (χ1v) is 14.2. The number of nitrogens with zero attached hydrogens (tertiary/aromatic N) is 1. The van der Waals surface area contributed by atoms with Crippen LogP contribution in [-0.2, 0) is 21.1 Å². The molecule has 0 aliphatic rings. The Morgan fingerprint density at radius 2 is 1.44 bits per heavy atom. The standard InChI is InChI=1S/C28H22Cl2N4O6S/c29-20-15-31-16-21(30)25(20)26(35)32-18-12-10-17(11-13-18)14-23(27(36)37)34-28(38)33-22-8-4-5-9-24(22)41(39,40)19-6-2-1-3-7-19/h1-13,15-16,23H,14H2,(H,32,35)(H,36,37)(H2,33,34,38). The third-order valence-electron chi connectivity index (χ3n) is 5.81. The van der Waals surface area contributed by atoms with Crippen LogP contribution in [0.3, 0.4) is 0 Å². The number of carboxylic acid groups (broad SMARTS) is 1. The summed E-state index contributed by atoms with van der Waals surface area (Å²) in [5.74, 6) is -1.85. The molecule has 13 heteroatoms. The van der Waals surface area contributed by atoms with Gasteiger partial charge in [-0.05, 0) is 42.0 Å². The van der Waals surface area contributed by atoms with Gasteiger partial charge in [-0.2, -0.15) is 0 Å². The molecule has 0 radical (unpaired) electrons. The van der Waals surface area contributed by atoms with Gasteiger partial charge in [0.1, 0.15) is 6.04 Å². The summed E-state index contributed by atoms with van der Waals surface area (Å²) in [6.07, 6.45) is 2.49. The van der Waals surface area contributed by atoms with Gasteiger partial charge in [0, 0.05) is 24.5 Å². The Balaban J connectivity index is 1.43. The number of amides is 3. The number of urea groups is 1. The van der Waals surface area contributed by atoms with E-state index in [1.807, 2.05) is 0 Å². The maximum absolute atomic E-state index is 13.1. The van der Waals surface area contributed by atoms with Crippen molar-refractivity contribution in [1.82, 2.24) is 10.3 Å². The summed E-state index contributed by atoms with van der Waals surface area (Å²) in [5, 5.41) is 17.3. The zero-order chi connectivity index (χ0) is 29.6. The smallest absolute Gasteiger partial charge is 0.326 e. The van der Waals surface area contributed by atoms with Crippen LogP contribution in [0, 0.1) is 0 Å². The summed E-state index contributed by atoms with van der Waals surface area (Å²) in [6, 6.07) is 17.6. The van der Waals surface area contributed by atoms with Crippen molar-refractivity contribution in [3.63, 3.8) is 0 Å². The highest BCUT2D eigenvalue weighted by Gasteiger charge is 2.24. The van der Waals surface area contributed by atoms with Crippen molar-refractivity contribution < 1.29 is 27.9 Å². The zero-order valence-electron chi connectivity index (χ0n) is 21.0.